The molecule has 4 aromatic rings. The quantitative estimate of drug-likeness (QED) is 0.309. The molecule has 0 atom stereocenters. The van der Waals surface area contributed by atoms with Gasteiger partial charge in [0.2, 0.25) is 5.91 Å². The van der Waals surface area contributed by atoms with Crippen molar-refractivity contribution in [2.24, 2.45) is 0 Å². The molecule has 1 saturated carbocycles. The number of hydrogen-bond acceptors (Lipinski definition) is 8. The predicted molar refractivity (Wildman–Crippen MR) is 149 cm³/mol. The van der Waals surface area contributed by atoms with Crippen LogP contribution >= 0.6 is 11.3 Å². The van der Waals surface area contributed by atoms with E-state index in [2.05, 4.69) is 30.7 Å². The molecule has 6 rings (SSSR count). The highest BCUT2D eigenvalue weighted by atomic mass is 32.1. The average molecular weight is 549 g/mol. The molecule has 11 nitrogen and oxygen atoms in total. The first-order valence-electron chi connectivity index (χ1n) is 13.3. The molecule has 12 heteroatoms. The molecule has 1 aliphatic carbocycles. The number of thiazole rings is 1. The molecular weight excluding hydrogens is 516 g/mol. The van der Waals surface area contributed by atoms with Gasteiger partial charge in [-0.3, -0.25) is 24.2 Å². The molecule has 2 aliphatic rings. The van der Waals surface area contributed by atoms with Crippen molar-refractivity contribution in [1.82, 2.24) is 29.3 Å². The molecule has 0 unspecified atom stereocenters. The maximum absolute atomic E-state index is 13.2. The van der Waals surface area contributed by atoms with E-state index in [1.807, 2.05) is 24.0 Å². The average Bonchev–Trinajstić information content (AvgIpc) is 3.59. The molecule has 2 fully saturated rings. The Morgan fingerprint density at radius 1 is 1.10 bits per heavy atom. The van der Waals surface area contributed by atoms with E-state index in [1.54, 1.807) is 36.3 Å². The zero-order valence-electron chi connectivity index (χ0n) is 22.1. The molecule has 1 aliphatic heterocycles. The number of anilines is 2. The number of ether oxygens (including phenoxy) is 1. The number of likely N-dealkylation sites (tertiary alicyclic amines) is 1. The van der Waals surface area contributed by atoms with Crippen molar-refractivity contribution in [1.29, 1.82) is 0 Å². The predicted octanol–water partition coefficient (Wildman–Crippen LogP) is 3.82. The van der Waals surface area contributed by atoms with Crippen LogP contribution in [-0.2, 0) is 16.1 Å². The van der Waals surface area contributed by atoms with Gasteiger partial charge in [-0.1, -0.05) is 0 Å². The lowest BCUT2D eigenvalue weighted by Gasteiger charge is -2.59. The van der Waals surface area contributed by atoms with Crippen molar-refractivity contribution in [3.8, 4) is 10.4 Å². The lowest BCUT2D eigenvalue weighted by Crippen LogP contribution is -2.63. The molecule has 39 heavy (non-hydrogen) atoms. The van der Waals surface area contributed by atoms with Crippen molar-refractivity contribution in [3.05, 3.63) is 48.3 Å². The fourth-order valence-corrected chi connectivity index (χ4v) is 6.37. The SMILES string of the molecule is COCCn1cc(-c2cn3ncc(C(=O)Nc4cc(NC(=O)CCN5CCC56CCC6)cnc4C)c3s2)cn1. The van der Waals surface area contributed by atoms with Gasteiger partial charge in [0.05, 0.1) is 59.3 Å². The highest BCUT2D eigenvalue weighted by Gasteiger charge is 2.48. The number of aryl methyl sites for hydroxylation is 1. The van der Waals surface area contributed by atoms with E-state index in [-0.39, 0.29) is 11.8 Å². The van der Waals surface area contributed by atoms with Crippen LogP contribution in [0.5, 0.6) is 0 Å². The third-order valence-electron chi connectivity index (χ3n) is 7.91. The third kappa shape index (κ3) is 5.07. The molecule has 204 valence electrons. The fourth-order valence-electron chi connectivity index (χ4n) is 5.34. The van der Waals surface area contributed by atoms with Gasteiger partial charge in [-0.25, -0.2) is 4.52 Å². The van der Waals surface area contributed by atoms with Crippen molar-refractivity contribution < 1.29 is 14.3 Å². The summed E-state index contributed by atoms with van der Waals surface area (Å²) in [5.74, 6) is -0.333. The minimum atomic E-state index is -0.286. The van der Waals surface area contributed by atoms with Crippen LogP contribution in [0, 0.1) is 6.92 Å². The first kappa shape index (κ1) is 25.7. The molecule has 2 N–H and O–H groups in total. The molecule has 1 saturated heterocycles. The van der Waals surface area contributed by atoms with E-state index in [4.69, 9.17) is 4.74 Å². The molecule has 0 radical (unpaired) electrons. The fraction of sp³-hybridized carbons (Fsp3) is 0.444. The molecule has 2 amide bonds. The third-order valence-corrected chi connectivity index (χ3v) is 9.07. The van der Waals surface area contributed by atoms with Crippen LogP contribution in [-0.4, -0.2) is 73.4 Å². The van der Waals surface area contributed by atoms with Crippen molar-refractivity contribution in [3.63, 3.8) is 0 Å². The first-order chi connectivity index (χ1) is 18.9. The zero-order valence-corrected chi connectivity index (χ0v) is 23.0. The van der Waals surface area contributed by atoms with Crippen LogP contribution in [0.15, 0.2) is 37.1 Å². The van der Waals surface area contributed by atoms with Crippen LogP contribution in [0.1, 0.15) is 48.2 Å². The Morgan fingerprint density at radius 3 is 2.72 bits per heavy atom. The van der Waals surface area contributed by atoms with Crippen molar-refractivity contribution in [2.75, 3.05) is 37.4 Å². The van der Waals surface area contributed by atoms with Crippen molar-refractivity contribution in [2.45, 2.75) is 51.1 Å². The Labute approximate surface area is 230 Å². The summed E-state index contributed by atoms with van der Waals surface area (Å²) < 4.78 is 8.65. The van der Waals surface area contributed by atoms with E-state index in [1.165, 1.54) is 37.0 Å². The van der Waals surface area contributed by atoms with E-state index in [0.717, 1.165) is 28.4 Å². The van der Waals surface area contributed by atoms with Crippen LogP contribution in [0.2, 0.25) is 0 Å². The van der Waals surface area contributed by atoms with Gasteiger partial charge in [0.15, 0.2) is 0 Å². The number of amides is 2. The molecule has 4 aromatic heterocycles. The second-order valence-corrected chi connectivity index (χ2v) is 11.3. The molecule has 5 heterocycles. The zero-order chi connectivity index (χ0) is 27.0. The van der Waals surface area contributed by atoms with E-state index in [0.29, 0.717) is 47.7 Å². The summed E-state index contributed by atoms with van der Waals surface area (Å²) in [6.07, 6.45) is 14.3. The van der Waals surface area contributed by atoms with E-state index < -0.39 is 0 Å². The Kier molecular flexibility index (Phi) is 6.92. The molecule has 1 spiro atoms. The van der Waals surface area contributed by atoms with Crippen LogP contribution in [0.25, 0.3) is 15.3 Å². The second kappa shape index (κ2) is 10.5. The monoisotopic (exact) mass is 548 g/mol. The standard InChI is InChI=1S/C27H32N8O3S/c1-18-22(12-20(14-28-18)31-24(36)4-8-33-9-7-27(33)5-3-6-27)32-25(37)21-15-30-35-17-23(39-26(21)35)19-13-29-34(16-19)10-11-38-2/h12-17H,3-11H2,1-2H3,(H,31,36)(H,32,37). The van der Waals surface area contributed by atoms with Gasteiger partial charge in [0.25, 0.3) is 5.91 Å². The lowest BCUT2D eigenvalue weighted by atomic mass is 9.68. The summed E-state index contributed by atoms with van der Waals surface area (Å²) in [5, 5.41) is 14.6. The summed E-state index contributed by atoms with van der Waals surface area (Å²) in [6, 6.07) is 1.75. The number of methoxy groups -OCH3 is 1. The first-order valence-corrected chi connectivity index (χ1v) is 14.1. The number of carbonyl (C=O) groups excluding carboxylic acids is 2. The number of rotatable bonds is 10. The Balaban J connectivity index is 1.10. The number of carbonyl (C=O) groups is 2. The number of nitrogens with one attached hydrogen (secondary N) is 2. The Morgan fingerprint density at radius 2 is 1.97 bits per heavy atom. The Bertz CT molecular complexity index is 1510. The smallest absolute Gasteiger partial charge is 0.260 e. The normalized spacial score (nSPS) is 16.3. The summed E-state index contributed by atoms with van der Waals surface area (Å²) in [4.78, 5) is 34.4. The van der Waals surface area contributed by atoms with E-state index >= 15 is 0 Å². The number of pyridine rings is 1. The maximum atomic E-state index is 13.2. The lowest BCUT2D eigenvalue weighted by molar-refractivity contribution is -0.119. The minimum absolute atomic E-state index is 0.0469. The van der Waals surface area contributed by atoms with Crippen molar-refractivity contribution >= 4 is 39.4 Å². The number of fused-ring (bicyclic) bond motifs is 1. The number of nitrogens with zero attached hydrogens (tertiary/aromatic N) is 6. The van der Waals surface area contributed by atoms with Gasteiger partial charge in [-0.05, 0) is 38.7 Å². The molecule has 0 aromatic carbocycles. The summed E-state index contributed by atoms with van der Waals surface area (Å²) in [7, 11) is 1.66. The van der Waals surface area contributed by atoms with Crippen LogP contribution in [0.3, 0.4) is 0 Å². The minimum Gasteiger partial charge on any atom is -0.383 e. The topological polar surface area (TPSA) is 119 Å². The Hall–Kier alpha value is -3.61. The van der Waals surface area contributed by atoms with Gasteiger partial charge >= 0.3 is 0 Å². The summed E-state index contributed by atoms with van der Waals surface area (Å²) >= 11 is 1.47. The highest BCUT2D eigenvalue weighted by molar-refractivity contribution is 7.21. The van der Waals surface area contributed by atoms with Crippen LogP contribution < -0.4 is 10.6 Å². The number of aromatic nitrogens is 5. The van der Waals surface area contributed by atoms with Gasteiger partial charge in [-0.15, -0.1) is 11.3 Å². The summed E-state index contributed by atoms with van der Waals surface area (Å²) in [5.41, 5.74) is 3.57. The number of hydrogen-bond donors (Lipinski definition) is 2. The van der Waals surface area contributed by atoms with Gasteiger partial charge < -0.3 is 15.4 Å². The molecular formula is C27H32N8O3S. The molecule has 0 bridgehead atoms. The maximum Gasteiger partial charge on any atom is 0.260 e. The highest BCUT2D eigenvalue weighted by Crippen LogP contribution is 2.46. The van der Waals surface area contributed by atoms with Gasteiger partial charge in [0, 0.05) is 50.1 Å². The largest absolute Gasteiger partial charge is 0.383 e. The van der Waals surface area contributed by atoms with E-state index in [9.17, 15) is 9.59 Å². The van der Waals surface area contributed by atoms with Gasteiger partial charge in [0.1, 0.15) is 4.83 Å². The van der Waals surface area contributed by atoms with Gasteiger partial charge in [-0.2, -0.15) is 10.2 Å². The van der Waals surface area contributed by atoms with Crippen LogP contribution in [0.4, 0.5) is 11.4 Å². The second-order valence-electron chi connectivity index (χ2n) is 10.3. The summed E-state index contributed by atoms with van der Waals surface area (Å²) in [6.45, 7) is 4.93.